The number of hydrogen-bond donors (Lipinski definition) is 17. The highest BCUT2D eigenvalue weighted by molar-refractivity contribution is 4.99. The Morgan fingerprint density at radius 2 is 0.734 bits per heavy atom. The van der Waals surface area contributed by atoms with Crippen molar-refractivity contribution in [3.8, 4) is 0 Å². The number of hydrogen-bond acceptors (Lipinski definition) is 28. The first-order chi connectivity index (χ1) is 30.3. The van der Waals surface area contributed by atoms with Crippen LogP contribution in [-0.2, 0) is 52.1 Å². The number of ether oxygens (including phenoxy) is 11. The maximum atomic E-state index is 11.5. The van der Waals surface area contributed by atoms with Gasteiger partial charge in [0.25, 0.3) is 0 Å². The molecule has 0 amide bonds. The summed E-state index contributed by atoms with van der Waals surface area (Å²) in [6.45, 7) is -0.943. The summed E-state index contributed by atoms with van der Waals surface area (Å²) < 4.78 is 62.7. The smallest absolute Gasteiger partial charge is 0.187 e. The fourth-order valence-electron chi connectivity index (χ4n) is 8.27. The SMILES string of the molecule is C[C@@H]1O[C@@H](O[C@@H]2[C@@H](O[C@@H]3[C@@H](O[C@H]4[C@H](O)[C@@H](CO)O[C@@H](O)[C@@H]4O[C@H]4O[C@H](CO)[C@@H](O)[C@H](O)[C@H]4O)O[C@H](CO)[C@@H](O)[C@@H]3O)O[C@H](CO)[C@@H](O)[C@@H]2O)[C@H](O)[C@H](O[C@H]2O[C@H](C)[C@H](O)C[C@H]2O)[C@H]1O. The van der Waals surface area contributed by atoms with Crippen LogP contribution in [0.2, 0.25) is 0 Å². The van der Waals surface area contributed by atoms with Gasteiger partial charge in [0.2, 0.25) is 0 Å². The minimum Gasteiger partial charge on any atom is -0.394 e. The summed E-state index contributed by atoms with van der Waals surface area (Å²) in [5.74, 6) is 0. The number of aliphatic hydroxyl groups is 17. The normalized spacial score (nSPS) is 54.1. The van der Waals surface area contributed by atoms with Gasteiger partial charge in [0, 0.05) is 6.42 Å². The van der Waals surface area contributed by atoms with E-state index in [4.69, 9.17) is 52.1 Å². The molecule has 374 valence electrons. The second kappa shape index (κ2) is 22.1. The van der Waals surface area contributed by atoms with Crippen LogP contribution in [0, 0.1) is 0 Å². The van der Waals surface area contributed by atoms with Gasteiger partial charge in [0.05, 0.1) is 44.7 Å². The first-order valence-electron chi connectivity index (χ1n) is 20.7. The quantitative estimate of drug-likeness (QED) is 0.0769. The van der Waals surface area contributed by atoms with Gasteiger partial charge in [-0.3, -0.25) is 0 Å². The lowest BCUT2D eigenvalue weighted by Crippen LogP contribution is -2.68. The third-order valence-electron chi connectivity index (χ3n) is 12.2. The van der Waals surface area contributed by atoms with Crippen LogP contribution in [0.4, 0.5) is 0 Å². The Labute approximate surface area is 363 Å². The van der Waals surface area contributed by atoms with E-state index in [1.165, 1.54) is 13.8 Å². The Morgan fingerprint density at radius 3 is 1.27 bits per heavy atom. The molecule has 0 aliphatic carbocycles. The summed E-state index contributed by atoms with van der Waals surface area (Å²) in [5.41, 5.74) is 0. The molecule has 6 rings (SSSR count). The third-order valence-corrected chi connectivity index (χ3v) is 12.2. The van der Waals surface area contributed by atoms with Crippen LogP contribution in [0.3, 0.4) is 0 Å². The molecule has 0 unspecified atom stereocenters. The molecule has 0 bridgehead atoms. The van der Waals surface area contributed by atoms with Gasteiger partial charge in [-0.15, -0.1) is 0 Å². The van der Waals surface area contributed by atoms with Gasteiger partial charge in [-0.2, -0.15) is 0 Å². The summed E-state index contributed by atoms with van der Waals surface area (Å²) in [5, 5.41) is 181. The van der Waals surface area contributed by atoms with E-state index in [-0.39, 0.29) is 6.42 Å². The molecule has 28 heteroatoms. The van der Waals surface area contributed by atoms with E-state index in [0.717, 1.165) is 0 Å². The molecule has 0 saturated carbocycles. The van der Waals surface area contributed by atoms with Crippen molar-refractivity contribution in [1.29, 1.82) is 0 Å². The average molecular weight is 943 g/mol. The summed E-state index contributed by atoms with van der Waals surface area (Å²) in [7, 11) is 0. The highest BCUT2D eigenvalue weighted by Crippen LogP contribution is 2.37. The zero-order valence-corrected chi connectivity index (χ0v) is 34.4. The van der Waals surface area contributed by atoms with Crippen LogP contribution in [0.15, 0.2) is 0 Å². The fraction of sp³-hybridized carbons (Fsp3) is 1.00. The van der Waals surface area contributed by atoms with Crippen LogP contribution < -0.4 is 0 Å². The van der Waals surface area contributed by atoms with E-state index in [1.807, 2.05) is 0 Å². The van der Waals surface area contributed by atoms with E-state index in [9.17, 15) is 86.8 Å². The Morgan fingerprint density at radius 1 is 0.328 bits per heavy atom. The zero-order valence-electron chi connectivity index (χ0n) is 34.4. The van der Waals surface area contributed by atoms with Crippen LogP contribution in [0.25, 0.3) is 0 Å². The lowest BCUT2D eigenvalue weighted by atomic mass is 9.95. The molecule has 0 aromatic carbocycles. The monoisotopic (exact) mass is 942 g/mol. The van der Waals surface area contributed by atoms with Crippen molar-refractivity contribution in [2.45, 2.75) is 198 Å². The molecule has 64 heavy (non-hydrogen) atoms. The summed E-state index contributed by atoms with van der Waals surface area (Å²) in [6, 6.07) is 0. The molecule has 29 atom stereocenters. The lowest BCUT2D eigenvalue weighted by Gasteiger charge is -2.50. The molecule has 6 saturated heterocycles. The van der Waals surface area contributed by atoms with Crippen LogP contribution >= 0.6 is 0 Å². The van der Waals surface area contributed by atoms with Gasteiger partial charge in [0.15, 0.2) is 37.7 Å². The lowest BCUT2D eigenvalue weighted by molar-refractivity contribution is -0.411. The fourth-order valence-corrected chi connectivity index (χ4v) is 8.27. The van der Waals surface area contributed by atoms with E-state index in [1.54, 1.807) is 0 Å². The van der Waals surface area contributed by atoms with E-state index in [0.29, 0.717) is 0 Å². The molecular weight excluding hydrogens is 880 g/mol. The molecule has 0 radical (unpaired) electrons. The molecule has 28 nitrogen and oxygen atoms in total. The Bertz CT molecular complexity index is 1440. The molecule has 0 spiro atoms. The van der Waals surface area contributed by atoms with Crippen molar-refractivity contribution >= 4 is 0 Å². The molecule has 6 aliphatic heterocycles. The van der Waals surface area contributed by atoms with Gasteiger partial charge >= 0.3 is 0 Å². The highest BCUT2D eigenvalue weighted by Gasteiger charge is 2.57. The minimum atomic E-state index is -2.16. The van der Waals surface area contributed by atoms with Crippen LogP contribution in [0.5, 0.6) is 0 Å². The first kappa shape index (κ1) is 52.3. The van der Waals surface area contributed by atoms with Crippen molar-refractivity contribution in [1.82, 2.24) is 0 Å². The van der Waals surface area contributed by atoms with Gasteiger partial charge in [0.1, 0.15) is 122 Å². The van der Waals surface area contributed by atoms with Crippen LogP contribution in [-0.4, -0.2) is 291 Å². The largest absolute Gasteiger partial charge is 0.394 e. The molecule has 6 aliphatic rings. The third kappa shape index (κ3) is 10.7. The van der Waals surface area contributed by atoms with E-state index < -0.39 is 205 Å². The predicted octanol–water partition coefficient (Wildman–Crippen LogP) is -11.0. The maximum absolute atomic E-state index is 11.5. The van der Waals surface area contributed by atoms with Gasteiger partial charge in [-0.1, -0.05) is 0 Å². The second-order valence-corrected chi connectivity index (χ2v) is 16.6. The Balaban J connectivity index is 1.27. The maximum Gasteiger partial charge on any atom is 0.187 e. The van der Waals surface area contributed by atoms with Crippen LogP contribution in [0.1, 0.15) is 20.3 Å². The molecular formula is C36H62O28. The van der Waals surface area contributed by atoms with Crippen molar-refractivity contribution in [2.24, 2.45) is 0 Å². The predicted molar refractivity (Wildman–Crippen MR) is 195 cm³/mol. The number of aliphatic hydroxyl groups excluding tert-OH is 17. The van der Waals surface area contributed by atoms with Gasteiger partial charge in [-0.25, -0.2) is 0 Å². The summed E-state index contributed by atoms with van der Waals surface area (Å²) >= 11 is 0. The Kier molecular flexibility index (Phi) is 18.0. The summed E-state index contributed by atoms with van der Waals surface area (Å²) in [4.78, 5) is 0. The van der Waals surface area contributed by atoms with Crippen molar-refractivity contribution in [2.75, 3.05) is 26.4 Å². The number of rotatable bonds is 14. The van der Waals surface area contributed by atoms with Crippen molar-refractivity contribution in [3.63, 3.8) is 0 Å². The Hall–Kier alpha value is -1.12. The van der Waals surface area contributed by atoms with E-state index >= 15 is 0 Å². The average Bonchev–Trinajstić information content (AvgIpc) is 3.27. The highest BCUT2D eigenvalue weighted by atomic mass is 16.8. The molecule has 6 heterocycles. The second-order valence-electron chi connectivity index (χ2n) is 16.6. The van der Waals surface area contributed by atoms with Gasteiger partial charge in [-0.05, 0) is 13.8 Å². The topological polar surface area (TPSA) is 445 Å². The summed E-state index contributed by atoms with van der Waals surface area (Å²) in [6.07, 6.45) is -52.2. The van der Waals surface area contributed by atoms with Crippen molar-refractivity contribution < 1.29 is 139 Å². The van der Waals surface area contributed by atoms with Gasteiger partial charge < -0.3 is 139 Å². The molecule has 6 fully saturated rings. The van der Waals surface area contributed by atoms with E-state index in [2.05, 4.69) is 0 Å². The minimum absolute atomic E-state index is 0.178. The standard InChI is InChI=1S/C36H62O28/c1-8-10(41)3-11(42)32(54-8)60-26-16(43)9(2)55-34(25(26)52)62-28-22(49)18(45)14(6-39)59-36(28)63-29-23(50)19(46)13(5-38)58-35(29)61-27-20(47)15(7-40)56-31(53)30(27)64-33-24(51)21(48)17(44)12(4-37)57-33/h8-53H,3-7H2,1-2H3/t8-,9+,10-,11-,12-,13-,14-,15-,16+,17-,18-,19-,20-,21+,22+,23+,24-,25-,26-,27+,28+,29+,30-,31-,32-,33-,34+,35-,36-/m1/s1. The molecule has 0 aromatic rings. The molecule has 0 aromatic heterocycles. The first-order valence-corrected chi connectivity index (χ1v) is 20.7. The molecule has 17 N–H and O–H groups in total. The zero-order chi connectivity index (χ0) is 47.1. The van der Waals surface area contributed by atoms with Crippen molar-refractivity contribution in [3.05, 3.63) is 0 Å².